The Hall–Kier alpha value is -4.05. The van der Waals surface area contributed by atoms with Gasteiger partial charge >= 0.3 is 23.6 Å². The standard InChI is InChI=1S/C31H34F4N6O5S/c1-14-10-39(11-15(2)41(14)29(44)46-30(3,4)5)26-18-9-19(31(33,34)35)21(17-7-8-20(32)23-22(17)36-27(42)37-23)25-24(18)40(28(43)38-26)12-16(45-6)13-47-25/h7-9,14-16H,10-13H2,1-6H3,(H2,36,37,42)/t14-,15+,16-/m0/s1. The highest BCUT2D eigenvalue weighted by Crippen LogP contribution is 2.49. The van der Waals surface area contributed by atoms with Crippen molar-refractivity contribution in [3.8, 4) is 11.1 Å². The molecule has 0 bridgehead atoms. The summed E-state index contributed by atoms with van der Waals surface area (Å²) in [6.07, 6.45) is -5.96. The number of amides is 1. The molecule has 2 aliphatic rings. The second-order valence-electron chi connectivity index (χ2n) is 12.9. The minimum Gasteiger partial charge on any atom is -0.444 e. The van der Waals surface area contributed by atoms with Gasteiger partial charge in [0.25, 0.3) is 0 Å². The summed E-state index contributed by atoms with van der Waals surface area (Å²) >= 11 is 1.08. The molecule has 2 aromatic heterocycles. The Morgan fingerprint density at radius 1 is 1.04 bits per heavy atom. The molecule has 11 nitrogen and oxygen atoms in total. The first-order chi connectivity index (χ1) is 22.0. The van der Waals surface area contributed by atoms with Crippen LogP contribution in [0, 0.1) is 5.82 Å². The molecule has 3 atom stereocenters. The van der Waals surface area contributed by atoms with Crippen LogP contribution < -0.4 is 16.3 Å². The van der Waals surface area contributed by atoms with E-state index in [1.54, 1.807) is 44.4 Å². The lowest BCUT2D eigenvalue weighted by Crippen LogP contribution is -2.59. The van der Waals surface area contributed by atoms with Crippen LogP contribution in [0.3, 0.4) is 0 Å². The van der Waals surface area contributed by atoms with Gasteiger partial charge in [-0.3, -0.25) is 9.47 Å². The van der Waals surface area contributed by atoms with Crippen molar-refractivity contribution in [2.24, 2.45) is 0 Å². The lowest BCUT2D eigenvalue weighted by molar-refractivity contribution is -0.137. The number of carbonyl (C=O) groups is 1. The maximum absolute atomic E-state index is 15.1. The van der Waals surface area contributed by atoms with E-state index in [0.29, 0.717) is 0 Å². The Kier molecular flexibility index (Phi) is 8.10. The first-order valence-electron chi connectivity index (χ1n) is 15.0. The Labute approximate surface area is 270 Å². The van der Waals surface area contributed by atoms with E-state index in [0.717, 1.165) is 23.9 Å². The molecule has 47 heavy (non-hydrogen) atoms. The van der Waals surface area contributed by atoms with Gasteiger partial charge in [0.15, 0.2) is 0 Å². The largest absolute Gasteiger partial charge is 0.444 e. The summed E-state index contributed by atoms with van der Waals surface area (Å²) in [6.45, 7) is 9.24. The summed E-state index contributed by atoms with van der Waals surface area (Å²) in [5, 5.41) is 0.0889. The predicted molar refractivity (Wildman–Crippen MR) is 170 cm³/mol. The maximum Gasteiger partial charge on any atom is 0.417 e. The van der Waals surface area contributed by atoms with E-state index in [1.165, 1.54) is 17.7 Å². The van der Waals surface area contributed by atoms with Crippen molar-refractivity contribution in [1.82, 2.24) is 24.4 Å². The second kappa shape index (κ2) is 11.6. The lowest BCUT2D eigenvalue weighted by Gasteiger charge is -2.45. The van der Waals surface area contributed by atoms with Crippen molar-refractivity contribution in [3.05, 3.63) is 50.5 Å². The highest BCUT2D eigenvalue weighted by molar-refractivity contribution is 7.99. The molecule has 6 rings (SSSR count). The van der Waals surface area contributed by atoms with Crippen LogP contribution in [-0.2, 0) is 22.2 Å². The minimum absolute atomic E-state index is 0.0307. The highest BCUT2D eigenvalue weighted by atomic mass is 32.2. The molecule has 0 radical (unpaired) electrons. The number of halogens is 4. The molecule has 2 N–H and O–H groups in total. The molecule has 0 spiro atoms. The maximum atomic E-state index is 15.1. The fraction of sp³-hybridized carbons (Fsp3) is 0.484. The number of thioether (sulfide) groups is 1. The molecule has 1 amide bonds. The number of aromatic nitrogens is 4. The number of methoxy groups -OCH3 is 1. The van der Waals surface area contributed by atoms with Crippen molar-refractivity contribution in [2.45, 2.75) is 76.0 Å². The highest BCUT2D eigenvalue weighted by Gasteiger charge is 2.41. The molecular formula is C31H34F4N6O5S. The van der Waals surface area contributed by atoms with Crippen LogP contribution in [0.2, 0.25) is 0 Å². The van der Waals surface area contributed by atoms with E-state index >= 15 is 13.2 Å². The third-order valence-corrected chi connectivity index (χ3v) is 9.59. The van der Waals surface area contributed by atoms with Gasteiger partial charge in [0.1, 0.15) is 22.8 Å². The van der Waals surface area contributed by atoms with Gasteiger partial charge < -0.3 is 24.3 Å². The zero-order chi connectivity index (χ0) is 34.2. The fourth-order valence-electron chi connectivity index (χ4n) is 6.48. The smallest absolute Gasteiger partial charge is 0.417 e. The van der Waals surface area contributed by atoms with E-state index in [4.69, 9.17) is 9.47 Å². The van der Waals surface area contributed by atoms with Gasteiger partial charge in [0.2, 0.25) is 0 Å². The van der Waals surface area contributed by atoms with Crippen LogP contribution in [0.25, 0.3) is 33.1 Å². The van der Waals surface area contributed by atoms with Gasteiger partial charge in [0, 0.05) is 47.4 Å². The SMILES string of the molecule is CO[C@@H]1CSc2c(-c3ccc(F)c4[nH]c(=O)[nH]c34)c(C(F)(F)F)cc3c(N4C[C@@H](C)N(C(=O)OC(C)(C)C)[C@@H](C)C4)nc(=O)n(c23)C1. The average Bonchev–Trinajstić information content (AvgIpc) is 3.24. The van der Waals surface area contributed by atoms with E-state index < -0.39 is 58.8 Å². The number of hydrogen-bond acceptors (Lipinski definition) is 8. The molecule has 0 saturated carbocycles. The number of aromatic amines is 2. The minimum atomic E-state index is -4.90. The number of alkyl halides is 3. The van der Waals surface area contributed by atoms with Crippen molar-refractivity contribution >= 4 is 45.6 Å². The number of piperazine rings is 1. The molecule has 0 unspecified atom stereocenters. The van der Waals surface area contributed by atoms with Crippen LogP contribution >= 0.6 is 11.8 Å². The molecule has 252 valence electrons. The number of H-pyrrole nitrogens is 2. The monoisotopic (exact) mass is 678 g/mol. The Morgan fingerprint density at radius 3 is 2.32 bits per heavy atom. The lowest BCUT2D eigenvalue weighted by atomic mass is 9.95. The number of rotatable bonds is 3. The van der Waals surface area contributed by atoms with Crippen molar-refractivity contribution < 1.29 is 31.8 Å². The number of imidazole rings is 1. The van der Waals surface area contributed by atoms with E-state index in [1.807, 2.05) is 0 Å². The van der Waals surface area contributed by atoms with E-state index in [-0.39, 0.29) is 69.2 Å². The van der Waals surface area contributed by atoms with Crippen LogP contribution in [0.5, 0.6) is 0 Å². The second-order valence-corrected chi connectivity index (χ2v) is 14.0. The number of nitrogens with zero attached hydrogens (tertiary/aromatic N) is 4. The number of hydrogen-bond donors (Lipinski definition) is 2. The first-order valence-corrected chi connectivity index (χ1v) is 16.0. The summed E-state index contributed by atoms with van der Waals surface area (Å²) < 4.78 is 72.6. The fourth-order valence-corrected chi connectivity index (χ4v) is 7.79. The molecular weight excluding hydrogens is 644 g/mol. The molecule has 0 aliphatic carbocycles. The number of fused-ring (bicyclic) bond motifs is 1. The van der Waals surface area contributed by atoms with Crippen LogP contribution in [0.4, 0.5) is 28.2 Å². The molecule has 16 heteroatoms. The zero-order valence-corrected chi connectivity index (χ0v) is 27.4. The molecule has 1 saturated heterocycles. The van der Waals surface area contributed by atoms with Crippen LogP contribution in [0.1, 0.15) is 40.2 Å². The summed E-state index contributed by atoms with van der Waals surface area (Å²) in [5.41, 5.74) is -3.77. The number of benzene rings is 2. The number of ether oxygens (including phenoxy) is 2. The average molecular weight is 679 g/mol. The Bertz CT molecular complexity index is 2000. The Morgan fingerprint density at radius 2 is 1.70 bits per heavy atom. The Balaban J connectivity index is 1.61. The summed E-state index contributed by atoms with van der Waals surface area (Å²) in [7, 11) is 1.45. The number of nitrogens with one attached hydrogen (secondary N) is 2. The number of carbonyl (C=O) groups excluding carboxylic acids is 1. The van der Waals surface area contributed by atoms with Crippen molar-refractivity contribution in [1.29, 1.82) is 0 Å². The van der Waals surface area contributed by atoms with Gasteiger partial charge in [-0.05, 0) is 52.8 Å². The third-order valence-electron chi connectivity index (χ3n) is 8.36. The molecule has 4 heterocycles. The third kappa shape index (κ3) is 5.85. The van der Waals surface area contributed by atoms with Crippen molar-refractivity contribution in [2.75, 3.05) is 30.9 Å². The predicted octanol–water partition coefficient (Wildman–Crippen LogP) is 5.35. The van der Waals surface area contributed by atoms with E-state index in [9.17, 15) is 18.8 Å². The van der Waals surface area contributed by atoms with E-state index in [2.05, 4.69) is 15.0 Å². The molecule has 2 aliphatic heterocycles. The molecule has 1 fully saturated rings. The normalized spacial score (nSPS) is 20.6. The summed E-state index contributed by atoms with van der Waals surface area (Å²) in [4.78, 5) is 51.5. The van der Waals surface area contributed by atoms with Crippen LogP contribution in [-0.4, -0.2) is 80.3 Å². The summed E-state index contributed by atoms with van der Waals surface area (Å²) in [5.74, 6) is -0.558. The quantitative estimate of drug-likeness (QED) is 0.278. The first kappa shape index (κ1) is 32.9. The zero-order valence-electron chi connectivity index (χ0n) is 26.5. The van der Waals surface area contributed by atoms with Crippen LogP contribution in [0.15, 0.2) is 32.7 Å². The molecule has 4 aromatic rings. The van der Waals surface area contributed by atoms with Crippen molar-refractivity contribution in [3.63, 3.8) is 0 Å². The van der Waals surface area contributed by atoms with Gasteiger partial charge in [-0.15, -0.1) is 11.8 Å². The van der Waals surface area contributed by atoms with Gasteiger partial charge in [0.05, 0.1) is 41.3 Å². The topological polar surface area (TPSA) is 126 Å². The van der Waals surface area contributed by atoms with Gasteiger partial charge in [-0.2, -0.15) is 18.2 Å². The summed E-state index contributed by atoms with van der Waals surface area (Å²) in [6, 6.07) is 2.28. The van der Waals surface area contributed by atoms with Gasteiger partial charge in [-0.25, -0.2) is 18.8 Å². The molecule has 2 aromatic carbocycles. The number of anilines is 1. The van der Waals surface area contributed by atoms with Gasteiger partial charge in [-0.1, -0.05) is 0 Å².